The summed E-state index contributed by atoms with van der Waals surface area (Å²) in [6.45, 7) is 2.10. The smallest absolute Gasteiger partial charge is 0.433 e. The van der Waals surface area contributed by atoms with Crippen molar-refractivity contribution in [2.24, 2.45) is 0 Å². The minimum Gasteiger partial charge on any atom is -0.462 e. The molecule has 0 saturated heterocycles. The predicted molar refractivity (Wildman–Crippen MR) is 133 cm³/mol. The number of amides is 1. The van der Waals surface area contributed by atoms with Gasteiger partial charge in [0.2, 0.25) is 0 Å². The van der Waals surface area contributed by atoms with Crippen molar-refractivity contribution in [1.29, 1.82) is 0 Å². The number of nitrogens with one attached hydrogen (secondary N) is 1. The number of benzene rings is 1. The Labute approximate surface area is 218 Å². The molecule has 1 aromatic carbocycles. The molecule has 0 atom stereocenters. The molecule has 3 aromatic heterocycles. The number of halogens is 4. The fourth-order valence-corrected chi connectivity index (χ4v) is 5.63. The molecule has 0 radical (unpaired) electrons. The number of hydrogen-bond acceptors (Lipinski definition) is 6. The van der Waals surface area contributed by atoms with Crippen LogP contribution < -0.4 is 5.32 Å². The van der Waals surface area contributed by atoms with Crippen molar-refractivity contribution in [2.45, 2.75) is 45.2 Å². The second kappa shape index (κ2) is 10.2. The zero-order chi connectivity index (χ0) is 27.0. The van der Waals surface area contributed by atoms with Crippen molar-refractivity contribution in [3.05, 3.63) is 69.6 Å². The van der Waals surface area contributed by atoms with Crippen LogP contribution in [0, 0.1) is 5.82 Å². The third kappa shape index (κ3) is 5.00. The molecule has 38 heavy (non-hydrogen) atoms. The maximum Gasteiger partial charge on any atom is 0.433 e. The first-order valence-electron chi connectivity index (χ1n) is 12.0. The number of aryl methyl sites for hydroxylation is 1. The molecule has 1 N–H and O–H groups in total. The van der Waals surface area contributed by atoms with Crippen LogP contribution in [0.15, 0.2) is 36.4 Å². The van der Waals surface area contributed by atoms with E-state index in [9.17, 15) is 27.2 Å². The second-order valence-corrected chi connectivity index (χ2v) is 9.94. The van der Waals surface area contributed by atoms with Gasteiger partial charge in [-0.15, -0.1) is 11.3 Å². The fraction of sp³-hybridized carbons (Fsp3) is 0.308. The average Bonchev–Trinajstić information content (AvgIpc) is 3.48. The summed E-state index contributed by atoms with van der Waals surface area (Å²) in [5.41, 5.74) is -0.303. The molecule has 0 bridgehead atoms. The highest BCUT2D eigenvalue weighted by Gasteiger charge is 2.36. The van der Waals surface area contributed by atoms with E-state index in [-0.39, 0.29) is 34.2 Å². The van der Waals surface area contributed by atoms with Gasteiger partial charge in [0.1, 0.15) is 10.8 Å². The molecule has 3 heterocycles. The van der Waals surface area contributed by atoms with Crippen LogP contribution in [0.4, 0.5) is 22.6 Å². The highest BCUT2D eigenvalue weighted by atomic mass is 32.1. The Morgan fingerprint density at radius 1 is 1.13 bits per heavy atom. The Morgan fingerprint density at radius 2 is 1.87 bits per heavy atom. The van der Waals surface area contributed by atoms with Crippen LogP contribution >= 0.6 is 11.3 Å². The van der Waals surface area contributed by atoms with Gasteiger partial charge >= 0.3 is 12.1 Å². The van der Waals surface area contributed by atoms with E-state index in [1.807, 2.05) is 6.92 Å². The van der Waals surface area contributed by atoms with Crippen molar-refractivity contribution in [2.75, 3.05) is 11.9 Å². The number of hydrogen-bond donors (Lipinski definition) is 1. The lowest BCUT2D eigenvalue weighted by atomic mass is 9.95. The molecule has 1 aliphatic carbocycles. The minimum absolute atomic E-state index is 0.0522. The van der Waals surface area contributed by atoms with E-state index in [2.05, 4.69) is 15.4 Å². The molecular formula is C26H22F4N4O3S. The van der Waals surface area contributed by atoms with E-state index in [0.717, 1.165) is 54.0 Å². The fourth-order valence-electron chi connectivity index (χ4n) is 4.36. The number of ether oxygens (including phenoxy) is 1. The van der Waals surface area contributed by atoms with Crippen LogP contribution in [-0.2, 0) is 23.8 Å². The van der Waals surface area contributed by atoms with Gasteiger partial charge in [0.15, 0.2) is 17.0 Å². The van der Waals surface area contributed by atoms with Crippen LogP contribution in [0.5, 0.6) is 0 Å². The summed E-state index contributed by atoms with van der Waals surface area (Å²) in [4.78, 5) is 31.2. The molecule has 7 nitrogen and oxygen atoms in total. The van der Waals surface area contributed by atoms with Crippen LogP contribution in [0.25, 0.3) is 16.9 Å². The zero-order valence-electron chi connectivity index (χ0n) is 20.2. The van der Waals surface area contributed by atoms with E-state index >= 15 is 0 Å². The van der Waals surface area contributed by atoms with E-state index in [1.165, 1.54) is 23.5 Å². The highest BCUT2D eigenvalue weighted by molar-refractivity contribution is 7.17. The van der Waals surface area contributed by atoms with Gasteiger partial charge in [-0.05, 0) is 68.0 Å². The number of carbonyl (C=O) groups is 2. The monoisotopic (exact) mass is 546 g/mol. The first-order chi connectivity index (χ1) is 18.2. The predicted octanol–water partition coefficient (Wildman–Crippen LogP) is 6.31. The van der Waals surface area contributed by atoms with Gasteiger partial charge in [-0.25, -0.2) is 18.7 Å². The minimum atomic E-state index is -4.81. The van der Waals surface area contributed by atoms with Gasteiger partial charge < -0.3 is 10.1 Å². The lowest BCUT2D eigenvalue weighted by Crippen LogP contribution is -2.17. The summed E-state index contributed by atoms with van der Waals surface area (Å²) in [5.74, 6) is -1.86. The number of anilines is 1. The lowest BCUT2D eigenvalue weighted by Gasteiger charge is -2.12. The van der Waals surface area contributed by atoms with Crippen LogP contribution in [0.3, 0.4) is 0 Å². The summed E-state index contributed by atoms with van der Waals surface area (Å²) < 4.78 is 60.9. The highest BCUT2D eigenvalue weighted by Crippen LogP contribution is 2.39. The van der Waals surface area contributed by atoms with Gasteiger partial charge in [-0.3, -0.25) is 4.79 Å². The number of alkyl halides is 3. The van der Waals surface area contributed by atoms with E-state index < -0.39 is 29.6 Å². The zero-order valence-corrected chi connectivity index (χ0v) is 21.0. The van der Waals surface area contributed by atoms with Crippen molar-refractivity contribution in [1.82, 2.24) is 14.6 Å². The van der Waals surface area contributed by atoms with Gasteiger partial charge in [0, 0.05) is 16.5 Å². The molecule has 0 aliphatic heterocycles. The molecule has 0 spiro atoms. The van der Waals surface area contributed by atoms with E-state index in [1.54, 1.807) is 0 Å². The summed E-state index contributed by atoms with van der Waals surface area (Å²) in [6.07, 6.45) is -0.867. The van der Waals surface area contributed by atoms with E-state index in [0.29, 0.717) is 22.9 Å². The lowest BCUT2D eigenvalue weighted by molar-refractivity contribution is -0.142. The third-order valence-corrected chi connectivity index (χ3v) is 7.34. The summed E-state index contributed by atoms with van der Waals surface area (Å²) in [5, 5.41) is 6.83. The van der Waals surface area contributed by atoms with E-state index in [4.69, 9.17) is 4.74 Å². The molecule has 12 heteroatoms. The second-order valence-electron chi connectivity index (χ2n) is 8.84. The Kier molecular flexibility index (Phi) is 6.91. The number of fused-ring (bicyclic) bond motifs is 2. The maximum absolute atomic E-state index is 13.9. The molecule has 0 unspecified atom stereocenters. The average molecular weight is 547 g/mol. The van der Waals surface area contributed by atoms with Crippen molar-refractivity contribution in [3.8, 4) is 11.3 Å². The molecule has 1 aliphatic rings. The molecule has 4 aromatic rings. The summed E-state index contributed by atoms with van der Waals surface area (Å²) >= 11 is 1.27. The van der Waals surface area contributed by atoms with Crippen molar-refractivity contribution >= 4 is 33.9 Å². The largest absolute Gasteiger partial charge is 0.462 e. The molecule has 5 rings (SSSR count). The SMILES string of the molecule is CCCOC(=O)c1c(NC(=O)c2cc3nc(-c4ccc(F)cc4)cc(C(F)(F)F)n3n2)sc2c1CCCC2. The molecular weight excluding hydrogens is 524 g/mol. The number of esters is 1. The first-order valence-corrected chi connectivity index (χ1v) is 12.8. The topological polar surface area (TPSA) is 85.6 Å². The third-order valence-electron chi connectivity index (χ3n) is 6.13. The maximum atomic E-state index is 13.9. The molecule has 198 valence electrons. The standard InChI is InChI=1S/C26H22F4N4O3S/c1-2-11-37-25(36)22-16-5-3-4-6-19(16)38-24(22)32-23(35)18-13-21-31-17(14-7-9-15(27)10-8-14)12-20(26(28,29)30)34(21)33-18/h7-10,12-13H,2-6,11H2,1H3,(H,32,35). The van der Waals surface area contributed by atoms with Crippen LogP contribution in [0.1, 0.15) is 63.2 Å². The Hall–Kier alpha value is -3.80. The molecule has 1 amide bonds. The Morgan fingerprint density at radius 3 is 2.58 bits per heavy atom. The number of carbonyl (C=O) groups excluding carboxylic acids is 2. The number of nitrogens with zero attached hydrogens (tertiary/aromatic N) is 3. The van der Waals surface area contributed by atoms with Crippen LogP contribution in [-0.4, -0.2) is 33.1 Å². The molecule has 0 fully saturated rings. The first kappa shape index (κ1) is 25.8. The quantitative estimate of drug-likeness (QED) is 0.226. The van der Waals surface area contributed by atoms with Gasteiger partial charge in [-0.2, -0.15) is 18.3 Å². The number of thiophene rings is 1. The van der Waals surface area contributed by atoms with Gasteiger partial charge in [0.05, 0.1) is 17.9 Å². The van der Waals surface area contributed by atoms with Crippen LogP contribution in [0.2, 0.25) is 0 Å². The number of rotatable bonds is 6. The number of aromatic nitrogens is 3. The Bertz CT molecular complexity index is 1530. The van der Waals surface area contributed by atoms with Gasteiger partial charge in [0.25, 0.3) is 5.91 Å². The summed E-state index contributed by atoms with van der Waals surface area (Å²) in [6, 6.07) is 6.80. The Balaban J connectivity index is 1.53. The summed E-state index contributed by atoms with van der Waals surface area (Å²) in [7, 11) is 0. The van der Waals surface area contributed by atoms with Gasteiger partial charge in [-0.1, -0.05) is 6.92 Å². The van der Waals surface area contributed by atoms with Crippen molar-refractivity contribution in [3.63, 3.8) is 0 Å². The normalized spacial score (nSPS) is 13.4. The van der Waals surface area contributed by atoms with Crippen molar-refractivity contribution < 1.29 is 31.9 Å². The molecule has 0 saturated carbocycles.